The number of benzene rings is 1. The number of rotatable bonds is 9. The molecule has 1 aromatic rings. The minimum atomic E-state index is 0.703. The summed E-state index contributed by atoms with van der Waals surface area (Å²) in [5, 5.41) is 3.31. The fourth-order valence-corrected chi connectivity index (χ4v) is 1.57. The highest BCUT2D eigenvalue weighted by Crippen LogP contribution is 2.24. The van der Waals surface area contributed by atoms with E-state index in [-0.39, 0.29) is 0 Å². The Balaban J connectivity index is 2.63. The Labute approximate surface area is 109 Å². The van der Waals surface area contributed by atoms with Crippen LogP contribution in [0.5, 0.6) is 11.5 Å². The quantitative estimate of drug-likeness (QED) is 0.685. The van der Waals surface area contributed by atoms with Crippen molar-refractivity contribution in [1.82, 2.24) is 5.32 Å². The number of hydrogen-bond acceptors (Lipinski definition) is 4. The molecule has 1 N–H and O–H groups in total. The molecule has 1 rings (SSSR count). The van der Waals surface area contributed by atoms with Crippen molar-refractivity contribution in [3.05, 3.63) is 23.8 Å². The third-order valence-corrected chi connectivity index (χ3v) is 2.53. The van der Waals surface area contributed by atoms with E-state index in [4.69, 9.17) is 14.2 Å². The van der Waals surface area contributed by atoms with Crippen molar-refractivity contribution >= 4 is 0 Å². The van der Waals surface area contributed by atoms with Gasteiger partial charge in [-0.1, -0.05) is 6.92 Å². The summed E-state index contributed by atoms with van der Waals surface area (Å²) >= 11 is 0. The highest BCUT2D eigenvalue weighted by Gasteiger charge is 2.05. The fraction of sp³-hybridized carbons (Fsp3) is 0.571. The molecule has 0 bridgehead atoms. The van der Waals surface area contributed by atoms with Crippen molar-refractivity contribution in [2.45, 2.75) is 19.9 Å². The van der Waals surface area contributed by atoms with Crippen LogP contribution in [0.15, 0.2) is 18.2 Å². The molecule has 0 saturated carbocycles. The molecule has 0 aliphatic heterocycles. The predicted molar refractivity (Wildman–Crippen MR) is 72.4 cm³/mol. The second-order valence-electron chi connectivity index (χ2n) is 3.99. The molecular formula is C14H23NO3. The van der Waals surface area contributed by atoms with Crippen molar-refractivity contribution in [3.63, 3.8) is 0 Å². The summed E-state index contributed by atoms with van der Waals surface area (Å²) in [6.07, 6.45) is 1.00. The Hall–Kier alpha value is -1.26. The molecule has 0 saturated heterocycles. The molecule has 0 aromatic heterocycles. The summed E-state index contributed by atoms with van der Waals surface area (Å²) in [5.41, 5.74) is 1.11. The number of nitrogens with one attached hydrogen (secondary N) is 1. The van der Waals surface area contributed by atoms with Crippen LogP contribution in [0.2, 0.25) is 0 Å². The molecule has 102 valence electrons. The zero-order chi connectivity index (χ0) is 13.2. The van der Waals surface area contributed by atoms with Crippen molar-refractivity contribution < 1.29 is 14.2 Å². The van der Waals surface area contributed by atoms with E-state index in [0.29, 0.717) is 6.61 Å². The topological polar surface area (TPSA) is 39.7 Å². The van der Waals surface area contributed by atoms with Crippen LogP contribution in [0.3, 0.4) is 0 Å². The van der Waals surface area contributed by atoms with Gasteiger partial charge in [0.25, 0.3) is 0 Å². The minimum absolute atomic E-state index is 0.703. The molecule has 1 aromatic carbocycles. The van der Waals surface area contributed by atoms with Crippen molar-refractivity contribution in [2.75, 3.05) is 34.0 Å². The Morgan fingerprint density at radius 1 is 1.17 bits per heavy atom. The molecule has 0 aliphatic carbocycles. The van der Waals surface area contributed by atoms with E-state index in [1.807, 2.05) is 18.2 Å². The molecule has 0 spiro atoms. The lowest BCUT2D eigenvalue weighted by Crippen LogP contribution is -2.19. The van der Waals surface area contributed by atoms with Gasteiger partial charge in [0.05, 0.1) is 20.3 Å². The fourth-order valence-electron chi connectivity index (χ4n) is 1.57. The van der Waals surface area contributed by atoms with Gasteiger partial charge in [0, 0.05) is 25.8 Å². The van der Waals surface area contributed by atoms with Crippen molar-refractivity contribution in [1.29, 1.82) is 0 Å². The van der Waals surface area contributed by atoms with E-state index in [0.717, 1.165) is 43.2 Å². The van der Waals surface area contributed by atoms with Gasteiger partial charge in [-0.05, 0) is 24.6 Å². The predicted octanol–water partition coefficient (Wildman–Crippen LogP) is 2.22. The first kappa shape index (κ1) is 14.8. The van der Waals surface area contributed by atoms with Crippen LogP contribution in [0.1, 0.15) is 18.9 Å². The van der Waals surface area contributed by atoms with Crippen LogP contribution < -0.4 is 14.8 Å². The molecule has 0 aliphatic rings. The van der Waals surface area contributed by atoms with E-state index in [9.17, 15) is 0 Å². The van der Waals surface area contributed by atoms with E-state index < -0.39 is 0 Å². The first-order valence-corrected chi connectivity index (χ1v) is 6.31. The standard InChI is InChI=1S/C14H23NO3/c1-4-8-18-14-6-5-13(17-3)10-12(14)11-15-7-9-16-2/h5-6,10,15H,4,7-9,11H2,1-3H3. The van der Waals surface area contributed by atoms with Gasteiger partial charge in [0.2, 0.25) is 0 Å². The Bertz CT molecular complexity index is 342. The molecule has 18 heavy (non-hydrogen) atoms. The summed E-state index contributed by atoms with van der Waals surface area (Å²) in [6, 6.07) is 5.89. The van der Waals surface area contributed by atoms with E-state index in [1.54, 1.807) is 14.2 Å². The lowest BCUT2D eigenvalue weighted by molar-refractivity contribution is 0.199. The number of ether oxygens (including phenoxy) is 3. The molecule has 0 amide bonds. The van der Waals surface area contributed by atoms with E-state index in [1.165, 1.54) is 0 Å². The third kappa shape index (κ3) is 4.94. The second-order valence-corrected chi connectivity index (χ2v) is 3.99. The summed E-state index contributed by atoms with van der Waals surface area (Å²) in [6.45, 7) is 5.10. The summed E-state index contributed by atoms with van der Waals surface area (Å²) in [5.74, 6) is 1.77. The molecule has 0 unspecified atom stereocenters. The normalized spacial score (nSPS) is 10.4. The highest BCUT2D eigenvalue weighted by atomic mass is 16.5. The summed E-state index contributed by atoms with van der Waals surface area (Å²) in [7, 11) is 3.37. The van der Waals surface area contributed by atoms with E-state index >= 15 is 0 Å². The van der Waals surface area contributed by atoms with Crippen LogP contribution >= 0.6 is 0 Å². The maximum absolute atomic E-state index is 5.72. The minimum Gasteiger partial charge on any atom is -0.497 e. The van der Waals surface area contributed by atoms with Crippen LogP contribution in [-0.4, -0.2) is 34.0 Å². The largest absolute Gasteiger partial charge is 0.497 e. The lowest BCUT2D eigenvalue weighted by Gasteiger charge is -2.13. The highest BCUT2D eigenvalue weighted by molar-refractivity contribution is 5.40. The van der Waals surface area contributed by atoms with Gasteiger partial charge in [-0.15, -0.1) is 0 Å². The smallest absolute Gasteiger partial charge is 0.124 e. The van der Waals surface area contributed by atoms with Gasteiger partial charge in [0.15, 0.2) is 0 Å². The Morgan fingerprint density at radius 2 is 2.00 bits per heavy atom. The number of hydrogen-bond donors (Lipinski definition) is 1. The molecule has 0 heterocycles. The lowest BCUT2D eigenvalue weighted by atomic mass is 10.2. The maximum atomic E-state index is 5.72. The summed E-state index contributed by atoms with van der Waals surface area (Å²) in [4.78, 5) is 0. The van der Waals surface area contributed by atoms with Crippen molar-refractivity contribution in [3.8, 4) is 11.5 Å². The molecule has 0 atom stereocenters. The average molecular weight is 253 g/mol. The van der Waals surface area contributed by atoms with Gasteiger partial charge in [-0.25, -0.2) is 0 Å². The van der Waals surface area contributed by atoms with Gasteiger partial charge >= 0.3 is 0 Å². The zero-order valence-electron chi connectivity index (χ0n) is 11.5. The van der Waals surface area contributed by atoms with Gasteiger partial charge < -0.3 is 19.5 Å². The first-order valence-electron chi connectivity index (χ1n) is 6.31. The summed E-state index contributed by atoms with van der Waals surface area (Å²) < 4.78 is 16.0. The monoisotopic (exact) mass is 253 g/mol. The van der Waals surface area contributed by atoms with Crippen LogP contribution in [-0.2, 0) is 11.3 Å². The molecular weight excluding hydrogens is 230 g/mol. The van der Waals surface area contributed by atoms with Crippen LogP contribution in [0.4, 0.5) is 0 Å². The zero-order valence-corrected chi connectivity index (χ0v) is 11.5. The van der Waals surface area contributed by atoms with Crippen LogP contribution in [0.25, 0.3) is 0 Å². The molecule has 4 heteroatoms. The third-order valence-electron chi connectivity index (χ3n) is 2.53. The van der Waals surface area contributed by atoms with Crippen molar-refractivity contribution in [2.24, 2.45) is 0 Å². The first-order chi connectivity index (χ1) is 8.81. The number of methoxy groups -OCH3 is 2. The molecule has 0 radical (unpaired) electrons. The SMILES string of the molecule is CCCOc1ccc(OC)cc1CNCCOC. The Morgan fingerprint density at radius 3 is 2.67 bits per heavy atom. The van der Waals surface area contributed by atoms with Gasteiger partial charge in [0.1, 0.15) is 11.5 Å². The molecule has 0 fully saturated rings. The van der Waals surface area contributed by atoms with Gasteiger partial charge in [-0.3, -0.25) is 0 Å². The van der Waals surface area contributed by atoms with Gasteiger partial charge in [-0.2, -0.15) is 0 Å². The van der Waals surface area contributed by atoms with E-state index in [2.05, 4.69) is 12.2 Å². The Kier molecular flexibility index (Phi) is 7.22. The molecule has 4 nitrogen and oxygen atoms in total. The average Bonchev–Trinajstić information content (AvgIpc) is 2.42. The van der Waals surface area contributed by atoms with Crippen LogP contribution in [0, 0.1) is 0 Å². The second kappa shape index (κ2) is 8.78. The maximum Gasteiger partial charge on any atom is 0.124 e.